The smallest absolute Gasteiger partial charge is 0.227 e. The minimum absolute atomic E-state index is 0.0740. The normalized spacial score (nSPS) is 16.6. The number of ether oxygens (including phenoxy) is 1. The molecule has 1 saturated heterocycles. The van der Waals surface area contributed by atoms with Gasteiger partial charge >= 0.3 is 0 Å². The number of carbonyl (C=O) groups excluding carboxylic acids is 2. The Labute approximate surface area is 157 Å². The predicted octanol–water partition coefficient (Wildman–Crippen LogP) is 3.41. The lowest BCUT2D eigenvalue weighted by atomic mass is 10.1. The number of hydrogen-bond donors (Lipinski definition) is 1. The SMILES string of the molecule is CCOc1ccccc1N1CC(C(=O)NCc2ccccc2Cl)CC1=O. The molecule has 1 aliphatic heterocycles. The summed E-state index contributed by atoms with van der Waals surface area (Å²) in [5.41, 5.74) is 1.56. The van der Waals surface area contributed by atoms with Crippen LogP contribution in [0.4, 0.5) is 5.69 Å². The molecule has 0 radical (unpaired) electrons. The van der Waals surface area contributed by atoms with E-state index in [1.165, 1.54) is 0 Å². The van der Waals surface area contributed by atoms with E-state index in [0.717, 1.165) is 5.56 Å². The molecule has 0 bridgehead atoms. The highest BCUT2D eigenvalue weighted by Gasteiger charge is 2.36. The number of halogens is 1. The zero-order valence-electron chi connectivity index (χ0n) is 14.6. The molecule has 136 valence electrons. The van der Waals surface area contributed by atoms with Gasteiger partial charge in [-0.15, -0.1) is 0 Å². The summed E-state index contributed by atoms with van der Waals surface area (Å²) in [7, 11) is 0. The fraction of sp³-hybridized carbons (Fsp3) is 0.300. The molecule has 1 fully saturated rings. The van der Waals surface area contributed by atoms with Gasteiger partial charge in [0.25, 0.3) is 0 Å². The molecule has 5 nitrogen and oxygen atoms in total. The van der Waals surface area contributed by atoms with E-state index in [-0.39, 0.29) is 24.2 Å². The minimum Gasteiger partial charge on any atom is -0.492 e. The first-order chi connectivity index (χ1) is 12.6. The molecule has 0 aliphatic carbocycles. The molecule has 0 saturated carbocycles. The number of para-hydroxylation sites is 2. The van der Waals surface area contributed by atoms with Crippen LogP contribution in [0.2, 0.25) is 5.02 Å². The minimum atomic E-state index is -0.389. The molecule has 1 atom stereocenters. The van der Waals surface area contributed by atoms with Gasteiger partial charge in [-0.05, 0) is 30.7 Å². The van der Waals surface area contributed by atoms with Crippen molar-refractivity contribution in [1.82, 2.24) is 5.32 Å². The van der Waals surface area contributed by atoms with Crippen molar-refractivity contribution in [2.45, 2.75) is 19.9 Å². The summed E-state index contributed by atoms with van der Waals surface area (Å²) in [6.07, 6.45) is 0.189. The molecule has 1 heterocycles. The number of anilines is 1. The van der Waals surface area contributed by atoms with Crippen molar-refractivity contribution in [2.24, 2.45) is 5.92 Å². The third-order valence-corrected chi connectivity index (χ3v) is 4.73. The average Bonchev–Trinajstić information content (AvgIpc) is 3.03. The standard InChI is InChI=1S/C20H21ClN2O3/c1-2-26-18-10-6-5-9-17(18)23-13-15(11-19(23)24)20(25)22-12-14-7-3-4-8-16(14)21/h3-10,15H,2,11-13H2,1H3,(H,22,25). The largest absolute Gasteiger partial charge is 0.492 e. The fourth-order valence-electron chi connectivity index (χ4n) is 3.04. The van der Waals surface area contributed by atoms with Crippen LogP contribution in [0.15, 0.2) is 48.5 Å². The number of hydrogen-bond acceptors (Lipinski definition) is 3. The summed E-state index contributed by atoms with van der Waals surface area (Å²) in [5, 5.41) is 3.49. The topological polar surface area (TPSA) is 58.6 Å². The Kier molecular flexibility index (Phi) is 5.78. The summed E-state index contributed by atoms with van der Waals surface area (Å²) in [6, 6.07) is 14.8. The summed E-state index contributed by atoms with van der Waals surface area (Å²) >= 11 is 6.11. The van der Waals surface area contributed by atoms with Gasteiger partial charge in [0.1, 0.15) is 5.75 Å². The van der Waals surface area contributed by atoms with Gasteiger partial charge < -0.3 is 15.0 Å². The highest BCUT2D eigenvalue weighted by Crippen LogP contribution is 2.33. The number of nitrogens with one attached hydrogen (secondary N) is 1. The van der Waals surface area contributed by atoms with E-state index in [1.807, 2.05) is 49.4 Å². The van der Waals surface area contributed by atoms with Crippen LogP contribution >= 0.6 is 11.6 Å². The van der Waals surface area contributed by atoms with Gasteiger partial charge in [-0.3, -0.25) is 9.59 Å². The molecule has 0 aromatic heterocycles. The second-order valence-corrected chi connectivity index (χ2v) is 6.52. The molecule has 2 aromatic rings. The van der Waals surface area contributed by atoms with Crippen molar-refractivity contribution in [2.75, 3.05) is 18.1 Å². The van der Waals surface area contributed by atoms with E-state index in [0.29, 0.717) is 36.2 Å². The Hall–Kier alpha value is -2.53. The van der Waals surface area contributed by atoms with E-state index in [1.54, 1.807) is 11.0 Å². The van der Waals surface area contributed by atoms with Gasteiger partial charge in [-0.25, -0.2) is 0 Å². The van der Waals surface area contributed by atoms with Crippen LogP contribution in [-0.2, 0) is 16.1 Å². The predicted molar refractivity (Wildman–Crippen MR) is 101 cm³/mol. The van der Waals surface area contributed by atoms with Crippen LogP contribution in [-0.4, -0.2) is 25.0 Å². The Bertz CT molecular complexity index is 809. The highest BCUT2D eigenvalue weighted by molar-refractivity contribution is 6.31. The molecule has 3 rings (SSSR count). The number of benzene rings is 2. The van der Waals surface area contributed by atoms with Crippen molar-refractivity contribution in [1.29, 1.82) is 0 Å². The lowest BCUT2D eigenvalue weighted by molar-refractivity contribution is -0.126. The molecule has 1 N–H and O–H groups in total. The molecule has 2 aromatic carbocycles. The zero-order chi connectivity index (χ0) is 18.5. The van der Waals surface area contributed by atoms with Crippen LogP contribution in [0.1, 0.15) is 18.9 Å². The van der Waals surface area contributed by atoms with E-state index >= 15 is 0 Å². The molecule has 0 spiro atoms. The molecule has 6 heteroatoms. The number of nitrogens with zero attached hydrogens (tertiary/aromatic N) is 1. The van der Waals surface area contributed by atoms with Gasteiger partial charge in [0.05, 0.1) is 18.2 Å². The molecular formula is C20H21ClN2O3. The number of rotatable bonds is 6. The Balaban J connectivity index is 1.66. The van der Waals surface area contributed by atoms with Crippen molar-refractivity contribution in [3.63, 3.8) is 0 Å². The lowest BCUT2D eigenvalue weighted by Gasteiger charge is -2.20. The zero-order valence-corrected chi connectivity index (χ0v) is 15.3. The first-order valence-electron chi connectivity index (χ1n) is 8.63. The maximum absolute atomic E-state index is 12.5. The van der Waals surface area contributed by atoms with Crippen LogP contribution in [0.3, 0.4) is 0 Å². The van der Waals surface area contributed by atoms with Crippen LogP contribution in [0, 0.1) is 5.92 Å². The molecule has 26 heavy (non-hydrogen) atoms. The Morgan fingerprint density at radius 1 is 1.23 bits per heavy atom. The van der Waals surface area contributed by atoms with Crippen molar-refractivity contribution < 1.29 is 14.3 Å². The summed E-state index contributed by atoms with van der Waals surface area (Å²) in [4.78, 5) is 26.6. The second kappa shape index (κ2) is 8.23. The van der Waals surface area contributed by atoms with Crippen LogP contribution < -0.4 is 15.0 Å². The number of carbonyl (C=O) groups is 2. The van der Waals surface area contributed by atoms with E-state index in [4.69, 9.17) is 16.3 Å². The Morgan fingerprint density at radius 2 is 1.96 bits per heavy atom. The second-order valence-electron chi connectivity index (χ2n) is 6.12. The fourth-order valence-corrected chi connectivity index (χ4v) is 3.24. The third-order valence-electron chi connectivity index (χ3n) is 4.36. The Morgan fingerprint density at radius 3 is 2.73 bits per heavy atom. The number of amides is 2. The molecule has 1 aliphatic rings. The average molecular weight is 373 g/mol. The molecule has 2 amide bonds. The summed E-state index contributed by atoms with van der Waals surface area (Å²) in [6.45, 7) is 3.10. The van der Waals surface area contributed by atoms with Crippen molar-refractivity contribution in [3.8, 4) is 5.75 Å². The maximum atomic E-state index is 12.5. The van der Waals surface area contributed by atoms with E-state index < -0.39 is 0 Å². The quantitative estimate of drug-likeness (QED) is 0.845. The summed E-state index contributed by atoms with van der Waals surface area (Å²) in [5.74, 6) is 0.0462. The highest BCUT2D eigenvalue weighted by atomic mass is 35.5. The first-order valence-corrected chi connectivity index (χ1v) is 9.01. The lowest BCUT2D eigenvalue weighted by Crippen LogP contribution is -2.32. The first kappa shape index (κ1) is 18.3. The molecule has 1 unspecified atom stereocenters. The van der Waals surface area contributed by atoms with E-state index in [2.05, 4.69) is 5.32 Å². The van der Waals surface area contributed by atoms with Crippen LogP contribution in [0.25, 0.3) is 0 Å². The van der Waals surface area contributed by atoms with Gasteiger partial charge in [0.2, 0.25) is 11.8 Å². The van der Waals surface area contributed by atoms with Gasteiger partial charge in [-0.1, -0.05) is 41.9 Å². The summed E-state index contributed by atoms with van der Waals surface area (Å²) < 4.78 is 5.60. The van der Waals surface area contributed by atoms with Crippen LogP contribution in [0.5, 0.6) is 5.75 Å². The third kappa shape index (κ3) is 3.99. The monoisotopic (exact) mass is 372 g/mol. The molecular weight excluding hydrogens is 352 g/mol. The van der Waals surface area contributed by atoms with Crippen molar-refractivity contribution in [3.05, 3.63) is 59.1 Å². The maximum Gasteiger partial charge on any atom is 0.227 e. The van der Waals surface area contributed by atoms with Gasteiger partial charge in [0, 0.05) is 24.5 Å². The van der Waals surface area contributed by atoms with Gasteiger partial charge in [-0.2, -0.15) is 0 Å². The van der Waals surface area contributed by atoms with Gasteiger partial charge in [0.15, 0.2) is 0 Å². The van der Waals surface area contributed by atoms with Crippen molar-refractivity contribution >= 4 is 29.1 Å². The van der Waals surface area contributed by atoms with E-state index in [9.17, 15) is 9.59 Å².